The second kappa shape index (κ2) is 11.1. The summed E-state index contributed by atoms with van der Waals surface area (Å²) in [5, 5.41) is 3.28. The highest BCUT2D eigenvalue weighted by Gasteiger charge is 2.29. The minimum Gasteiger partial charge on any atom is -0.462 e. The molecule has 1 aromatic carbocycles. The molecular formula is C24H29N3O5S2. The number of sulfonamides is 1. The van der Waals surface area contributed by atoms with Crippen molar-refractivity contribution >= 4 is 38.2 Å². The van der Waals surface area contributed by atoms with Gasteiger partial charge in [-0.2, -0.15) is 4.31 Å². The summed E-state index contributed by atoms with van der Waals surface area (Å²) in [6, 6.07) is 5.69. The van der Waals surface area contributed by atoms with Gasteiger partial charge in [0.15, 0.2) is 0 Å². The molecule has 8 nitrogen and oxygen atoms in total. The van der Waals surface area contributed by atoms with E-state index in [1.165, 1.54) is 52.1 Å². The van der Waals surface area contributed by atoms with Crippen molar-refractivity contribution in [1.82, 2.24) is 9.21 Å². The molecule has 1 N–H and O–H groups in total. The van der Waals surface area contributed by atoms with E-state index < -0.39 is 21.9 Å². The van der Waals surface area contributed by atoms with Crippen LogP contribution in [0, 0.1) is 0 Å². The lowest BCUT2D eigenvalue weighted by atomic mass is 10.0. The first-order chi connectivity index (χ1) is 16.2. The summed E-state index contributed by atoms with van der Waals surface area (Å²) in [6.07, 6.45) is 3.70. The Bertz CT molecular complexity index is 1180. The van der Waals surface area contributed by atoms with Crippen molar-refractivity contribution in [3.05, 3.63) is 71.1 Å². The Kier molecular flexibility index (Phi) is 8.42. The maximum Gasteiger partial charge on any atom is 0.341 e. The fourth-order valence-electron chi connectivity index (χ4n) is 3.70. The van der Waals surface area contributed by atoms with Gasteiger partial charge in [-0.25, -0.2) is 13.2 Å². The highest BCUT2D eigenvalue weighted by molar-refractivity contribution is 7.89. The Morgan fingerprint density at radius 1 is 1.21 bits per heavy atom. The third-order valence-electron chi connectivity index (χ3n) is 5.37. The molecule has 0 atom stereocenters. The van der Waals surface area contributed by atoms with E-state index in [0.29, 0.717) is 23.5 Å². The largest absolute Gasteiger partial charge is 0.462 e. The number of fused-ring (bicyclic) bond motifs is 1. The van der Waals surface area contributed by atoms with Gasteiger partial charge in [-0.15, -0.1) is 24.5 Å². The van der Waals surface area contributed by atoms with Gasteiger partial charge in [0.05, 0.1) is 17.1 Å². The second-order valence-electron chi connectivity index (χ2n) is 7.79. The van der Waals surface area contributed by atoms with Gasteiger partial charge in [-0.1, -0.05) is 12.2 Å². The molecule has 2 heterocycles. The molecule has 0 saturated heterocycles. The van der Waals surface area contributed by atoms with E-state index in [1.54, 1.807) is 6.92 Å². The molecule has 10 heteroatoms. The van der Waals surface area contributed by atoms with E-state index in [4.69, 9.17) is 4.74 Å². The first kappa shape index (κ1) is 25.8. The van der Waals surface area contributed by atoms with Crippen LogP contribution in [-0.4, -0.2) is 62.8 Å². The number of amides is 1. The minimum absolute atomic E-state index is 0.0644. The first-order valence-electron chi connectivity index (χ1n) is 10.9. The van der Waals surface area contributed by atoms with Gasteiger partial charge in [0.1, 0.15) is 5.00 Å². The predicted octanol–water partition coefficient (Wildman–Crippen LogP) is 3.53. The molecule has 0 unspecified atom stereocenters. The third kappa shape index (κ3) is 5.47. The van der Waals surface area contributed by atoms with Gasteiger partial charge in [-0.05, 0) is 50.2 Å². The lowest BCUT2D eigenvalue weighted by Crippen LogP contribution is -2.31. The lowest BCUT2D eigenvalue weighted by Gasteiger charge is -2.22. The lowest BCUT2D eigenvalue weighted by molar-refractivity contribution is 0.0526. The van der Waals surface area contributed by atoms with Crippen molar-refractivity contribution in [3.8, 4) is 0 Å². The van der Waals surface area contributed by atoms with E-state index in [1.807, 2.05) is 7.05 Å². The fourth-order valence-corrected chi connectivity index (χ4v) is 6.39. The van der Waals surface area contributed by atoms with Gasteiger partial charge >= 0.3 is 5.97 Å². The monoisotopic (exact) mass is 503 g/mol. The fraction of sp³-hybridized carbons (Fsp3) is 0.333. The zero-order valence-electron chi connectivity index (χ0n) is 19.4. The number of esters is 1. The molecule has 34 heavy (non-hydrogen) atoms. The standard InChI is InChI=1S/C24H29N3O5S2/c1-5-13-27(14-6-2)34(30,31)18-10-8-17(9-11-18)22(28)25-23-21(24(29)32-7-3)19-12-15-26(4)16-20(19)33-23/h5-6,8-11H,1-2,7,12-16H2,3-4H3,(H,25,28). The van der Waals surface area contributed by atoms with Crippen molar-refractivity contribution in [2.24, 2.45) is 0 Å². The number of hydrogen-bond donors (Lipinski definition) is 1. The number of anilines is 1. The first-order valence-corrected chi connectivity index (χ1v) is 13.1. The predicted molar refractivity (Wildman–Crippen MR) is 134 cm³/mol. The number of carbonyl (C=O) groups excluding carboxylic acids is 2. The molecule has 0 radical (unpaired) electrons. The number of hydrogen-bond acceptors (Lipinski definition) is 7. The van der Waals surface area contributed by atoms with Crippen LogP contribution in [0.15, 0.2) is 54.5 Å². The van der Waals surface area contributed by atoms with Gasteiger partial charge < -0.3 is 15.0 Å². The summed E-state index contributed by atoms with van der Waals surface area (Å²) in [5.74, 6) is -0.888. The number of likely N-dealkylation sites (N-methyl/N-ethyl adjacent to an activating group) is 1. The number of nitrogens with one attached hydrogen (secondary N) is 1. The molecule has 3 rings (SSSR count). The summed E-state index contributed by atoms with van der Waals surface area (Å²) < 4.78 is 32.2. The smallest absolute Gasteiger partial charge is 0.341 e. The number of thiophene rings is 1. The number of ether oxygens (including phenoxy) is 1. The molecule has 0 bridgehead atoms. The number of rotatable bonds is 10. The molecule has 1 amide bonds. The third-order valence-corrected chi connectivity index (χ3v) is 8.35. The van der Waals surface area contributed by atoms with E-state index >= 15 is 0 Å². The second-order valence-corrected chi connectivity index (χ2v) is 10.8. The summed E-state index contributed by atoms with van der Waals surface area (Å²) in [5.41, 5.74) is 1.60. The van der Waals surface area contributed by atoms with Crippen LogP contribution < -0.4 is 5.32 Å². The zero-order valence-corrected chi connectivity index (χ0v) is 21.0. The number of carbonyl (C=O) groups is 2. The molecule has 1 aliphatic heterocycles. The summed E-state index contributed by atoms with van der Waals surface area (Å²) in [6.45, 7) is 11.0. The molecule has 0 saturated carbocycles. The Hall–Kier alpha value is -2.79. The Morgan fingerprint density at radius 3 is 2.44 bits per heavy atom. The van der Waals surface area contributed by atoms with Gasteiger partial charge in [-0.3, -0.25) is 4.79 Å². The number of nitrogens with zero attached hydrogens (tertiary/aromatic N) is 2. The van der Waals surface area contributed by atoms with Gasteiger partial charge in [0.25, 0.3) is 5.91 Å². The van der Waals surface area contributed by atoms with Crippen LogP contribution in [0.3, 0.4) is 0 Å². The van der Waals surface area contributed by atoms with E-state index in [2.05, 4.69) is 23.4 Å². The highest BCUT2D eigenvalue weighted by atomic mass is 32.2. The summed E-state index contributed by atoms with van der Waals surface area (Å²) in [4.78, 5) is 28.9. The average Bonchev–Trinajstić information content (AvgIpc) is 3.15. The Labute approximate surface area is 204 Å². The van der Waals surface area contributed by atoms with Crippen molar-refractivity contribution < 1.29 is 22.7 Å². The van der Waals surface area contributed by atoms with Crippen LogP contribution in [0.1, 0.15) is 38.1 Å². The maximum atomic E-state index is 13.0. The molecule has 2 aromatic rings. The van der Waals surface area contributed by atoms with Crippen molar-refractivity contribution in [2.75, 3.05) is 38.6 Å². The summed E-state index contributed by atoms with van der Waals surface area (Å²) in [7, 11) is -1.76. The normalized spacial score (nSPS) is 13.9. The highest BCUT2D eigenvalue weighted by Crippen LogP contribution is 2.37. The molecule has 0 aliphatic carbocycles. The Balaban J connectivity index is 1.86. The molecule has 1 aliphatic rings. The molecule has 182 valence electrons. The van der Waals surface area contributed by atoms with E-state index in [0.717, 1.165) is 17.0 Å². The van der Waals surface area contributed by atoms with E-state index in [-0.39, 0.29) is 30.2 Å². The van der Waals surface area contributed by atoms with Crippen molar-refractivity contribution in [3.63, 3.8) is 0 Å². The average molecular weight is 504 g/mol. The van der Waals surface area contributed by atoms with Crippen molar-refractivity contribution in [2.45, 2.75) is 24.8 Å². The van der Waals surface area contributed by atoms with Crippen LogP contribution in [0.2, 0.25) is 0 Å². The van der Waals surface area contributed by atoms with Crippen LogP contribution >= 0.6 is 11.3 Å². The molecular weight excluding hydrogens is 474 g/mol. The quantitative estimate of drug-likeness (QED) is 0.394. The van der Waals surface area contributed by atoms with Gasteiger partial charge in [0, 0.05) is 36.6 Å². The van der Waals surface area contributed by atoms with Gasteiger partial charge in [0.2, 0.25) is 10.0 Å². The van der Waals surface area contributed by atoms with Crippen LogP contribution in [0.5, 0.6) is 0 Å². The topological polar surface area (TPSA) is 96.0 Å². The summed E-state index contributed by atoms with van der Waals surface area (Å²) >= 11 is 1.37. The van der Waals surface area contributed by atoms with Crippen LogP contribution in [0.4, 0.5) is 5.00 Å². The number of benzene rings is 1. The molecule has 1 aromatic heterocycles. The molecule has 0 spiro atoms. The maximum absolute atomic E-state index is 13.0. The minimum atomic E-state index is -3.76. The Morgan fingerprint density at radius 2 is 1.85 bits per heavy atom. The SMILES string of the molecule is C=CCN(CC=C)S(=O)(=O)c1ccc(C(=O)Nc2sc3c(c2C(=O)OCC)CCN(C)C3)cc1. The van der Waals surface area contributed by atoms with Crippen molar-refractivity contribution in [1.29, 1.82) is 0 Å². The zero-order chi connectivity index (χ0) is 24.9. The molecule has 0 fully saturated rings. The van der Waals surface area contributed by atoms with E-state index in [9.17, 15) is 18.0 Å². The van der Waals surface area contributed by atoms with Crippen LogP contribution in [0.25, 0.3) is 0 Å². The van der Waals surface area contributed by atoms with Crippen LogP contribution in [-0.2, 0) is 27.7 Å².